The maximum Gasteiger partial charge on any atom is 0.0462 e. The van der Waals surface area contributed by atoms with E-state index in [2.05, 4.69) is 11.5 Å². The van der Waals surface area contributed by atoms with Gasteiger partial charge in [0, 0.05) is 26.8 Å². The Bertz CT molecular complexity index is 158. The van der Waals surface area contributed by atoms with Crippen LogP contribution in [-0.4, -0.2) is 38.3 Å². The number of likely N-dealkylation sites (tertiary alicyclic amines) is 1. The highest BCUT2D eigenvalue weighted by molar-refractivity contribution is 4.79. The van der Waals surface area contributed by atoms with Gasteiger partial charge in [0.05, 0.1) is 0 Å². The summed E-state index contributed by atoms with van der Waals surface area (Å²) < 4.78 is 5.08. The molecule has 0 aromatic rings. The van der Waals surface area contributed by atoms with Gasteiger partial charge in [-0.3, -0.25) is 4.90 Å². The van der Waals surface area contributed by atoms with Crippen molar-refractivity contribution in [3.8, 4) is 0 Å². The van der Waals surface area contributed by atoms with E-state index in [9.17, 15) is 0 Å². The minimum Gasteiger partial charge on any atom is -0.385 e. The quantitative estimate of drug-likeness (QED) is 0.478. The SMILES string of the molecule is C=CCN1CCCC(CCCOC)C1. The topological polar surface area (TPSA) is 12.5 Å². The molecule has 0 aromatic carbocycles. The van der Waals surface area contributed by atoms with E-state index >= 15 is 0 Å². The average molecular weight is 197 g/mol. The molecule has 0 saturated carbocycles. The third-order valence-corrected chi connectivity index (χ3v) is 2.95. The molecule has 1 aliphatic heterocycles. The monoisotopic (exact) mass is 197 g/mol. The molecule has 1 atom stereocenters. The molecule has 2 nitrogen and oxygen atoms in total. The molecule has 0 amide bonds. The molecule has 0 radical (unpaired) electrons. The number of hydrogen-bond donors (Lipinski definition) is 0. The standard InChI is InChI=1S/C12H23NO/c1-3-8-13-9-4-6-12(11-13)7-5-10-14-2/h3,12H,1,4-11H2,2H3. The summed E-state index contributed by atoms with van der Waals surface area (Å²) in [5.41, 5.74) is 0. The van der Waals surface area contributed by atoms with Gasteiger partial charge in [-0.2, -0.15) is 0 Å². The Morgan fingerprint density at radius 2 is 2.43 bits per heavy atom. The van der Waals surface area contributed by atoms with E-state index < -0.39 is 0 Å². The summed E-state index contributed by atoms with van der Waals surface area (Å²) in [7, 11) is 1.78. The Balaban J connectivity index is 2.15. The number of ether oxygens (including phenoxy) is 1. The van der Waals surface area contributed by atoms with Gasteiger partial charge in [0.25, 0.3) is 0 Å². The number of piperidine rings is 1. The zero-order valence-corrected chi connectivity index (χ0v) is 9.37. The second kappa shape index (κ2) is 7.02. The first kappa shape index (κ1) is 11.7. The Morgan fingerprint density at radius 3 is 3.14 bits per heavy atom. The van der Waals surface area contributed by atoms with Crippen molar-refractivity contribution in [1.29, 1.82) is 0 Å². The molecule has 0 aromatic heterocycles. The summed E-state index contributed by atoms with van der Waals surface area (Å²) in [6.45, 7) is 8.28. The number of nitrogens with zero attached hydrogens (tertiary/aromatic N) is 1. The van der Waals surface area contributed by atoms with Crippen LogP contribution in [0.1, 0.15) is 25.7 Å². The molecule has 2 heteroatoms. The van der Waals surface area contributed by atoms with Crippen LogP contribution < -0.4 is 0 Å². The second-order valence-electron chi connectivity index (χ2n) is 4.19. The fraction of sp³-hybridized carbons (Fsp3) is 0.833. The summed E-state index contributed by atoms with van der Waals surface area (Å²) in [5, 5.41) is 0. The molecule has 1 rings (SSSR count). The van der Waals surface area contributed by atoms with E-state index in [0.717, 1.165) is 19.1 Å². The summed E-state index contributed by atoms with van der Waals surface area (Å²) in [4.78, 5) is 2.51. The fourth-order valence-electron chi connectivity index (χ4n) is 2.25. The van der Waals surface area contributed by atoms with Crippen molar-refractivity contribution in [3.63, 3.8) is 0 Å². The molecule has 1 unspecified atom stereocenters. The molecule has 1 heterocycles. The minimum atomic E-state index is 0.888. The van der Waals surface area contributed by atoms with E-state index in [1.54, 1.807) is 7.11 Å². The molecule has 1 fully saturated rings. The molecule has 0 aliphatic carbocycles. The van der Waals surface area contributed by atoms with Crippen molar-refractivity contribution in [2.24, 2.45) is 5.92 Å². The van der Waals surface area contributed by atoms with Crippen LogP contribution in [0.2, 0.25) is 0 Å². The van der Waals surface area contributed by atoms with Gasteiger partial charge in [0.15, 0.2) is 0 Å². The predicted octanol–water partition coefficient (Wildman–Crippen LogP) is 2.31. The average Bonchev–Trinajstić information content (AvgIpc) is 2.19. The summed E-state index contributed by atoms with van der Waals surface area (Å²) in [5.74, 6) is 0.888. The zero-order chi connectivity index (χ0) is 10.2. The van der Waals surface area contributed by atoms with Crippen LogP contribution >= 0.6 is 0 Å². The normalized spacial score (nSPS) is 23.6. The van der Waals surface area contributed by atoms with Gasteiger partial charge in [-0.1, -0.05) is 6.08 Å². The molecule has 0 spiro atoms. The Morgan fingerprint density at radius 1 is 1.57 bits per heavy atom. The van der Waals surface area contributed by atoms with Crippen molar-refractivity contribution in [2.45, 2.75) is 25.7 Å². The molecule has 1 aliphatic rings. The highest BCUT2D eigenvalue weighted by Crippen LogP contribution is 2.20. The molecular formula is C12H23NO. The maximum atomic E-state index is 5.08. The lowest BCUT2D eigenvalue weighted by molar-refractivity contribution is 0.155. The molecule has 82 valence electrons. The maximum absolute atomic E-state index is 5.08. The van der Waals surface area contributed by atoms with Crippen molar-refractivity contribution in [3.05, 3.63) is 12.7 Å². The van der Waals surface area contributed by atoms with Crippen molar-refractivity contribution >= 4 is 0 Å². The van der Waals surface area contributed by atoms with Gasteiger partial charge >= 0.3 is 0 Å². The van der Waals surface area contributed by atoms with Gasteiger partial charge in [-0.25, -0.2) is 0 Å². The van der Waals surface area contributed by atoms with E-state index in [1.807, 2.05) is 6.08 Å². The lowest BCUT2D eigenvalue weighted by Crippen LogP contribution is -2.35. The summed E-state index contributed by atoms with van der Waals surface area (Å²) >= 11 is 0. The molecule has 0 bridgehead atoms. The van der Waals surface area contributed by atoms with E-state index in [1.165, 1.54) is 38.8 Å². The van der Waals surface area contributed by atoms with Crippen LogP contribution in [0, 0.1) is 5.92 Å². The summed E-state index contributed by atoms with van der Waals surface area (Å²) in [6.07, 6.45) is 7.30. The van der Waals surface area contributed by atoms with Gasteiger partial charge in [0.1, 0.15) is 0 Å². The number of rotatable bonds is 6. The fourth-order valence-corrected chi connectivity index (χ4v) is 2.25. The largest absolute Gasteiger partial charge is 0.385 e. The van der Waals surface area contributed by atoms with E-state index in [-0.39, 0.29) is 0 Å². The molecule has 14 heavy (non-hydrogen) atoms. The van der Waals surface area contributed by atoms with Crippen LogP contribution in [0.4, 0.5) is 0 Å². The highest BCUT2D eigenvalue weighted by Gasteiger charge is 2.18. The Kier molecular flexibility index (Phi) is 5.88. The van der Waals surface area contributed by atoms with Gasteiger partial charge in [-0.05, 0) is 38.1 Å². The first-order valence-electron chi connectivity index (χ1n) is 5.69. The zero-order valence-electron chi connectivity index (χ0n) is 9.37. The molecule has 0 N–H and O–H groups in total. The van der Waals surface area contributed by atoms with Crippen LogP contribution in [0.5, 0.6) is 0 Å². The van der Waals surface area contributed by atoms with Crippen LogP contribution in [0.3, 0.4) is 0 Å². The number of hydrogen-bond acceptors (Lipinski definition) is 2. The molecular weight excluding hydrogens is 174 g/mol. The molecule has 1 saturated heterocycles. The van der Waals surface area contributed by atoms with Crippen molar-refractivity contribution in [1.82, 2.24) is 4.90 Å². The first-order valence-corrected chi connectivity index (χ1v) is 5.69. The van der Waals surface area contributed by atoms with Crippen LogP contribution in [-0.2, 0) is 4.74 Å². The van der Waals surface area contributed by atoms with Gasteiger partial charge in [0.2, 0.25) is 0 Å². The Hall–Kier alpha value is -0.340. The van der Waals surface area contributed by atoms with Crippen molar-refractivity contribution < 1.29 is 4.74 Å². The minimum absolute atomic E-state index is 0.888. The predicted molar refractivity (Wildman–Crippen MR) is 60.5 cm³/mol. The van der Waals surface area contributed by atoms with Crippen LogP contribution in [0.15, 0.2) is 12.7 Å². The highest BCUT2D eigenvalue weighted by atomic mass is 16.5. The lowest BCUT2D eigenvalue weighted by Gasteiger charge is -2.31. The Labute approximate surface area is 87.9 Å². The van der Waals surface area contributed by atoms with Gasteiger partial charge in [-0.15, -0.1) is 6.58 Å². The smallest absolute Gasteiger partial charge is 0.0462 e. The third kappa shape index (κ3) is 4.25. The first-order chi connectivity index (χ1) is 6.86. The van der Waals surface area contributed by atoms with Crippen molar-refractivity contribution in [2.75, 3.05) is 33.4 Å². The second-order valence-corrected chi connectivity index (χ2v) is 4.19. The lowest BCUT2D eigenvalue weighted by atomic mass is 9.93. The summed E-state index contributed by atoms with van der Waals surface area (Å²) in [6, 6.07) is 0. The van der Waals surface area contributed by atoms with Crippen LogP contribution in [0.25, 0.3) is 0 Å². The van der Waals surface area contributed by atoms with E-state index in [4.69, 9.17) is 4.74 Å². The van der Waals surface area contributed by atoms with Gasteiger partial charge < -0.3 is 4.74 Å². The third-order valence-electron chi connectivity index (χ3n) is 2.95. The van der Waals surface area contributed by atoms with E-state index in [0.29, 0.717) is 0 Å². The number of methoxy groups -OCH3 is 1.